The molecule has 1 fully saturated rings. The fourth-order valence-corrected chi connectivity index (χ4v) is 1.99. The van der Waals surface area contributed by atoms with Crippen LogP contribution in [-0.4, -0.2) is 21.1 Å². The lowest BCUT2D eigenvalue weighted by Crippen LogP contribution is -2.09. The molecular weight excluding hydrogens is 180 g/mol. The molecule has 12 heavy (non-hydrogen) atoms. The summed E-state index contributed by atoms with van der Waals surface area (Å²) < 4.78 is 30.3. The summed E-state index contributed by atoms with van der Waals surface area (Å²) in [6.45, 7) is 2.29. The van der Waals surface area contributed by atoms with Crippen LogP contribution in [0.1, 0.15) is 32.6 Å². The molecule has 0 aliphatic carbocycles. The summed E-state index contributed by atoms with van der Waals surface area (Å²) in [6.07, 6.45) is 3.76. The molecule has 0 saturated carbocycles. The van der Waals surface area contributed by atoms with E-state index >= 15 is 0 Å². The Bertz CT molecular complexity index is 222. The standard InChI is InChI=1S/C7H14O4S/c1-2-3-4-5-7-6-10-12(8,9)11-7/h7H,2-6H2,1H3/t7-/m0/s1. The largest absolute Gasteiger partial charge is 0.400 e. The van der Waals surface area contributed by atoms with Gasteiger partial charge in [0.2, 0.25) is 0 Å². The topological polar surface area (TPSA) is 52.6 Å². The molecule has 1 rings (SSSR count). The van der Waals surface area contributed by atoms with Crippen LogP contribution in [0.3, 0.4) is 0 Å². The van der Waals surface area contributed by atoms with Gasteiger partial charge in [-0.15, -0.1) is 0 Å². The monoisotopic (exact) mass is 194 g/mol. The molecule has 4 nitrogen and oxygen atoms in total. The van der Waals surface area contributed by atoms with Gasteiger partial charge in [-0.3, -0.25) is 0 Å². The minimum atomic E-state index is -3.63. The predicted molar refractivity (Wildman–Crippen MR) is 43.9 cm³/mol. The molecule has 5 heteroatoms. The number of rotatable bonds is 4. The quantitative estimate of drug-likeness (QED) is 0.631. The van der Waals surface area contributed by atoms with Gasteiger partial charge in [0, 0.05) is 0 Å². The molecule has 1 heterocycles. The Morgan fingerprint density at radius 3 is 2.67 bits per heavy atom. The van der Waals surface area contributed by atoms with E-state index in [9.17, 15) is 8.42 Å². The van der Waals surface area contributed by atoms with Crippen molar-refractivity contribution < 1.29 is 16.8 Å². The van der Waals surface area contributed by atoms with Crippen LogP contribution in [0.15, 0.2) is 0 Å². The zero-order valence-corrected chi connectivity index (χ0v) is 7.97. The zero-order chi connectivity index (χ0) is 9.03. The lowest BCUT2D eigenvalue weighted by atomic mass is 10.1. The molecule has 0 unspecified atom stereocenters. The third-order valence-electron chi connectivity index (χ3n) is 1.78. The van der Waals surface area contributed by atoms with Crippen molar-refractivity contribution in [3.05, 3.63) is 0 Å². The summed E-state index contributed by atoms with van der Waals surface area (Å²) in [7, 11) is -3.63. The first-order chi connectivity index (χ1) is 5.64. The summed E-state index contributed by atoms with van der Waals surface area (Å²) in [5, 5.41) is 0. The van der Waals surface area contributed by atoms with Gasteiger partial charge in [-0.25, -0.2) is 8.37 Å². The van der Waals surface area contributed by atoms with E-state index in [1.807, 2.05) is 0 Å². The molecule has 0 amide bonds. The molecule has 1 atom stereocenters. The number of unbranched alkanes of at least 4 members (excludes halogenated alkanes) is 2. The Balaban J connectivity index is 2.20. The fourth-order valence-electron chi connectivity index (χ4n) is 1.13. The zero-order valence-electron chi connectivity index (χ0n) is 7.15. The van der Waals surface area contributed by atoms with Gasteiger partial charge in [-0.2, -0.15) is 8.42 Å². The van der Waals surface area contributed by atoms with E-state index in [1.54, 1.807) is 0 Å². The van der Waals surface area contributed by atoms with Gasteiger partial charge in [0.25, 0.3) is 0 Å². The highest BCUT2D eigenvalue weighted by Gasteiger charge is 2.29. The van der Waals surface area contributed by atoms with E-state index in [-0.39, 0.29) is 12.7 Å². The van der Waals surface area contributed by atoms with Crippen LogP contribution in [0.2, 0.25) is 0 Å². The van der Waals surface area contributed by atoms with Crippen LogP contribution < -0.4 is 0 Å². The lowest BCUT2D eigenvalue weighted by molar-refractivity contribution is 0.219. The maximum absolute atomic E-state index is 10.6. The Morgan fingerprint density at radius 1 is 1.42 bits per heavy atom. The SMILES string of the molecule is CCCCC[C@H]1COS(=O)(=O)O1. The maximum Gasteiger partial charge on any atom is 0.400 e. The highest BCUT2D eigenvalue weighted by molar-refractivity contribution is 7.82. The Hall–Kier alpha value is -0.130. The van der Waals surface area contributed by atoms with Crippen molar-refractivity contribution in [2.75, 3.05) is 6.61 Å². The van der Waals surface area contributed by atoms with Crippen LogP contribution in [0.5, 0.6) is 0 Å². The predicted octanol–water partition coefficient (Wildman–Crippen LogP) is 1.23. The van der Waals surface area contributed by atoms with Gasteiger partial charge in [0.15, 0.2) is 0 Å². The first kappa shape index (κ1) is 9.95. The van der Waals surface area contributed by atoms with Crippen molar-refractivity contribution in [2.24, 2.45) is 0 Å². The second-order valence-corrected chi connectivity index (χ2v) is 4.15. The summed E-state index contributed by atoms with van der Waals surface area (Å²) in [4.78, 5) is 0. The van der Waals surface area contributed by atoms with Crippen molar-refractivity contribution in [1.29, 1.82) is 0 Å². The van der Waals surface area contributed by atoms with Crippen molar-refractivity contribution in [1.82, 2.24) is 0 Å². The molecule has 1 aliphatic heterocycles. The van der Waals surface area contributed by atoms with E-state index in [0.29, 0.717) is 0 Å². The number of hydrogen-bond donors (Lipinski definition) is 0. The van der Waals surface area contributed by atoms with Crippen LogP contribution in [-0.2, 0) is 18.8 Å². The second-order valence-electron chi connectivity index (χ2n) is 2.91. The molecule has 0 bridgehead atoms. The highest BCUT2D eigenvalue weighted by Crippen LogP contribution is 2.17. The van der Waals surface area contributed by atoms with Crippen molar-refractivity contribution in [3.63, 3.8) is 0 Å². The lowest BCUT2D eigenvalue weighted by Gasteiger charge is -2.02. The van der Waals surface area contributed by atoms with Gasteiger partial charge in [-0.1, -0.05) is 26.2 Å². The summed E-state index contributed by atoms with van der Waals surface area (Å²) in [5.74, 6) is 0. The maximum atomic E-state index is 10.6. The molecule has 72 valence electrons. The first-order valence-corrected chi connectivity index (χ1v) is 5.55. The Labute approximate surface area is 73.2 Å². The second kappa shape index (κ2) is 4.20. The Morgan fingerprint density at radius 2 is 2.17 bits per heavy atom. The average molecular weight is 194 g/mol. The number of hydrogen-bond acceptors (Lipinski definition) is 4. The van der Waals surface area contributed by atoms with Crippen molar-refractivity contribution >= 4 is 10.4 Å². The molecule has 0 aromatic heterocycles. The normalized spacial score (nSPS) is 27.6. The summed E-state index contributed by atoms with van der Waals surface area (Å²) in [6, 6.07) is 0. The van der Waals surface area contributed by atoms with Crippen molar-refractivity contribution in [3.8, 4) is 0 Å². The van der Waals surface area contributed by atoms with Gasteiger partial charge in [0.1, 0.15) is 6.10 Å². The van der Waals surface area contributed by atoms with Crippen LogP contribution in [0, 0.1) is 0 Å². The summed E-state index contributed by atoms with van der Waals surface area (Å²) >= 11 is 0. The smallest absolute Gasteiger partial charge is 0.245 e. The summed E-state index contributed by atoms with van der Waals surface area (Å²) in [5.41, 5.74) is 0. The Kier molecular flexibility index (Phi) is 3.49. The van der Waals surface area contributed by atoms with E-state index < -0.39 is 10.4 Å². The molecule has 0 radical (unpaired) electrons. The fraction of sp³-hybridized carbons (Fsp3) is 1.00. The van der Waals surface area contributed by atoms with Gasteiger partial charge < -0.3 is 0 Å². The van der Waals surface area contributed by atoms with E-state index in [4.69, 9.17) is 0 Å². The molecule has 0 aromatic carbocycles. The van der Waals surface area contributed by atoms with E-state index in [2.05, 4.69) is 15.3 Å². The molecule has 1 saturated heterocycles. The van der Waals surface area contributed by atoms with Crippen LogP contribution >= 0.6 is 0 Å². The van der Waals surface area contributed by atoms with Crippen molar-refractivity contribution in [2.45, 2.75) is 38.7 Å². The third-order valence-corrected chi connectivity index (χ3v) is 2.71. The molecule has 0 spiro atoms. The minimum Gasteiger partial charge on any atom is -0.245 e. The molecular formula is C7H14O4S. The van der Waals surface area contributed by atoms with E-state index in [1.165, 1.54) is 0 Å². The van der Waals surface area contributed by atoms with Crippen LogP contribution in [0.4, 0.5) is 0 Å². The third kappa shape index (κ3) is 3.08. The molecule has 0 aromatic rings. The van der Waals surface area contributed by atoms with Crippen LogP contribution in [0.25, 0.3) is 0 Å². The minimum absolute atomic E-state index is 0.187. The highest BCUT2D eigenvalue weighted by atomic mass is 32.3. The van der Waals surface area contributed by atoms with Gasteiger partial charge >= 0.3 is 10.4 Å². The van der Waals surface area contributed by atoms with E-state index in [0.717, 1.165) is 25.7 Å². The molecule has 0 N–H and O–H groups in total. The first-order valence-electron chi connectivity index (χ1n) is 4.21. The van der Waals surface area contributed by atoms with Gasteiger partial charge in [0.05, 0.1) is 6.61 Å². The average Bonchev–Trinajstić information content (AvgIpc) is 2.31. The van der Waals surface area contributed by atoms with Gasteiger partial charge in [-0.05, 0) is 6.42 Å². The molecule has 1 aliphatic rings.